The minimum atomic E-state index is 0.189. The van der Waals surface area contributed by atoms with Gasteiger partial charge < -0.3 is 0 Å². The third kappa shape index (κ3) is 2.89. The molecule has 0 aromatic heterocycles. The van der Waals surface area contributed by atoms with Gasteiger partial charge in [-0.3, -0.25) is 0 Å². The SMILES string of the molecule is C/C=C/C(CC)(CCC)c1ccc(Cl)cc1. The fourth-order valence-electron chi connectivity index (χ4n) is 2.37. The molecule has 0 amide bonds. The summed E-state index contributed by atoms with van der Waals surface area (Å²) in [5.41, 5.74) is 1.56. The van der Waals surface area contributed by atoms with Crippen molar-refractivity contribution in [2.24, 2.45) is 0 Å². The first kappa shape index (κ1) is 13.3. The Balaban J connectivity index is 3.13. The van der Waals surface area contributed by atoms with Gasteiger partial charge in [-0.1, -0.05) is 56.2 Å². The van der Waals surface area contributed by atoms with Gasteiger partial charge in [0.25, 0.3) is 0 Å². The van der Waals surface area contributed by atoms with Crippen LogP contribution in [0.4, 0.5) is 0 Å². The van der Waals surface area contributed by atoms with Gasteiger partial charge in [0.05, 0.1) is 0 Å². The second-order valence-corrected chi connectivity index (χ2v) is 4.70. The van der Waals surface area contributed by atoms with Crippen molar-refractivity contribution in [3.8, 4) is 0 Å². The van der Waals surface area contributed by atoms with Crippen molar-refractivity contribution < 1.29 is 0 Å². The maximum Gasteiger partial charge on any atom is 0.0406 e. The van der Waals surface area contributed by atoms with Crippen molar-refractivity contribution in [1.29, 1.82) is 0 Å². The first-order valence-electron chi connectivity index (χ1n) is 6.08. The molecule has 0 radical (unpaired) electrons. The van der Waals surface area contributed by atoms with E-state index in [0.29, 0.717) is 0 Å². The van der Waals surface area contributed by atoms with Crippen LogP contribution < -0.4 is 0 Å². The molecule has 0 aliphatic rings. The molecule has 0 nitrogen and oxygen atoms in total. The molecule has 0 heterocycles. The molecule has 1 unspecified atom stereocenters. The predicted molar refractivity (Wildman–Crippen MR) is 73.1 cm³/mol. The van der Waals surface area contributed by atoms with Crippen LogP contribution >= 0.6 is 11.6 Å². The average Bonchev–Trinajstić information content (AvgIpc) is 2.29. The summed E-state index contributed by atoms with van der Waals surface area (Å²) in [5, 5.41) is 0.811. The Morgan fingerprint density at radius 3 is 2.25 bits per heavy atom. The summed E-state index contributed by atoms with van der Waals surface area (Å²) in [4.78, 5) is 0. The van der Waals surface area contributed by atoms with E-state index in [1.54, 1.807) is 0 Å². The molecular formula is C15H21Cl. The number of halogens is 1. The Morgan fingerprint density at radius 1 is 1.19 bits per heavy atom. The van der Waals surface area contributed by atoms with Gasteiger partial charge >= 0.3 is 0 Å². The highest BCUT2D eigenvalue weighted by Gasteiger charge is 2.25. The summed E-state index contributed by atoms with van der Waals surface area (Å²) in [6.45, 7) is 6.59. The lowest BCUT2D eigenvalue weighted by molar-refractivity contribution is 0.467. The maximum absolute atomic E-state index is 5.94. The van der Waals surface area contributed by atoms with Crippen LogP contribution in [0, 0.1) is 0 Å². The van der Waals surface area contributed by atoms with E-state index in [1.807, 2.05) is 12.1 Å². The first-order chi connectivity index (χ1) is 7.68. The lowest BCUT2D eigenvalue weighted by Crippen LogP contribution is -2.22. The number of benzene rings is 1. The molecule has 1 aromatic carbocycles. The van der Waals surface area contributed by atoms with Gasteiger partial charge in [-0.25, -0.2) is 0 Å². The van der Waals surface area contributed by atoms with Gasteiger partial charge in [0.1, 0.15) is 0 Å². The highest BCUT2D eigenvalue weighted by atomic mass is 35.5. The van der Waals surface area contributed by atoms with Crippen LogP contribution in [0.5, 0.6) is 0 Å². The third-order valence-electron chi connectivity index (χ3n) is 3.23. The Hall–Kier alpha value is -0.750. The van der Waals surface area contributed by atoms with Gasteiger partial charge in [0.15, 0.2) is 0 Å². The van der Waals surface area contributed by atoms with Crippen LogP contribution in [0.25, 0.3) is 0 Å². The van der Waals surface area contributed by atoms with Crippen molar-refractivity contribution in [3.05, 3.63) is 47.0 Å². The molecular weight excluding hydrogens is 216 g/mol. The molecule has 1 heteroatoms. The third-order valence-corrected chi connectivity index (χ3v) is 3.48. The number of hydrogen-bond donors (Lipinski definition) is 0. The standard InChI is InChI=1S/C15H21Cl/c1-4-11-15(6-3,12-5-2)13-7-9-14(16)10-8-13/h4,7-11H,5-6,12H2,1-3H3/b11-4+. The average molecular weight is 237 g/mol. The van der Waals surface area contributed by atoms with Crippen molar-refractivity contribution in [3.63, 3.8) is 0 Å². The molecule has 0 spiro atoms. The predicted octanol–water partition coefficient (Wildman–Crippen LogP) is 5.36. The molecule has 1 rings (SSSR count). The zero-order valence-electron chi connectivity index (χ0n) is 10.5. The highest BCUT2D eigenvalue weighted by molar-refractivity contribution is 6.30. The molecule has 0 fully saturated rings. The van der Waals surface area contributed by atoms with Gasteiger partial charge in [0.2, 0.25) is 0 Å². The minimum Gasteiger partial charge on any atom is -0.0908 e. The van der Waals surface area contributed by atoms with Gasteiger partial charge in [-0.15, -0.1) is 0 Å². The van der Waals surface area contributed by atoms with Gasteiger partial charge in [-0.05, 0) is 37.5 Å². The fraction of sp³-hybridized carbons (Fsp3) is 0.467. The molecule has 0 aliphatic carbocycles. The quantitative estimate of drug-likeness (QED) is 0.604. The van der Waals surface area contributed by atoms with Crippen LogP contribution in [0.2, 0.25) is 5.02 Å². The van der Waals surface area contributed by atoms with Crippen molar-refractivity contribution in [2.75, 3.05) is 0 Å². The minimum absolute atomic E-state index is 0.189. The second-order valence-electron chi connectivity index (χ2n) is 4.27. The topological polar surface area (TPSA) is 0 Å². The van der Waals surface area contributed by atoms with Crippen LogP contribution in [-0.4, -0.2) is 0 Å². The Bertz CT molecular complexity index is 337. The number of allylic oxidation sites excluding steroid dienone is 2. The second kappa shape index (κ2) is 6.10. The Morgan fingerprint density at radius 2 is 1.81 bits per heavy atom. The molecule has 0 saturated carbocycles. The molecule has 0 saturated heterocycles. The summed E-state index contributed by atoms with van der Waals surface area (Å²) < 4.78 is 0. The summed E-state index contributed by atoms with van der Waals surface area (Å²) in [5.74, 6) is 0. The van der Waals surface area contributed by atoms with E-state index in [0.717, 1.165) is 11.4 Å². The van der Waals surface area contributed by atoms with Crippen LogP contribution in [0.1, 0.15) is 45.6 Å². The smallest absolute Gasteiger partial charge is 0.0406 e. The Labute approximate surface area is 104 Å². The number of rotatable bonds is 5. The highest BCUT2D eigenvalue weighted by Crippen LogP contribution is 2.35. The lowest BCUT2D eigenvalue weighted by Gasteiger charge is -2.30. The van der Waals surface area contributed by atoms with E-state index in [-0.39, 0.29) is 5.41 Å². The van der Waals surface area contributed by atoms with Crippen molar-refractivity contribution in [1.82, 2.24) is 0 Å². The zero-order chi connectivity index (χ0) is 12.0. The maximum atomic E-state index is 5.94. The fourth-order valence-corrected chi connectivity index (χ4v) is 2.50. The van der Waals surface area contributed by atoms with Crippen molar-refractivity contribution >= 4 is 11.6 Å². The van der Waals surface area contributed by atoms with Gasteiger partial charge in [-0.2, -0.15) is 0 Å². The van der Waals surface area contributed by atoms with E-state index < -0.39 is 0 Å². The van der Waals surface area contributed by atoms with E-state index >= 15 is 0 Å². The molecule has 0 bridgehead atoms. The summed E-state index contributed by atoms with van der Waals surface area (Å²) >= 11 is 5.94. The van der Waals surface area contributed by atoms with E-state index in [2.05, 4.69) is 45.1 Å². The normalized spacial score (nSPS) is 15.2. The van der Waals surface area contributed by atoms with E-state index in [9.17, 15) is 0 Å². The molecule has 1 atom stereocenters. The summed E-state index contributed by atoms with van der Waals surface area (Å²) in [6, 6.07) is 8.28. The summed E-state index contributed by atoms with van der Waals surface area (Å²) in [7, 11) is 0. The van der Waals surface area contributed by atoms with E-state index in [1.165, 1.54) is 18.4 Å². The van der Waals surface area contributed by atoms with E-state index in [4.69, 9.17) is 11.6 Å². The molecule has 1 aromatic rings. The van der Waals surface area contributed by atoms with Crippen LogP contribution in [-0.2, 0) is 5.41 Å². The van der Waals surface area contributed by atoms with Gasteiger partial charge in [0, 0.05) is 10.4 Å². The zero-order valence-corrected chi connectivity index (χ0v) is 11.2. The number of hydrogen-bond acceptors (Lipinski definition) is 0. The molecule has 88 valence electrons. The largest absolute Gasteiger partial charge is 0.0908 e. The molecule has 0 N–H and O–H groups in total. The van der Waals surface area contributed by atoms with Crippen LogP contribution in [0.15, 0.2) is 36.4 Å². The van der Waals surface area contributed by atoms with Crippen molar-refractivity contribution in [2.45, 2.75) is 45.4 Å². The first-order valence-corrected chi connectivity index (χ1v) is 6.46. The Kier molecular flexibility index (Phi) is 5.08. The lowest BCUT2D eigenvalue weighted by atomic mass is 9.74. The molecule has 16 heavy (non-hydrogen) atoms. The molecule has 0 aliphatic heterocycles. The monoisotopic (exact) mass is 236 g/mol. The van der Waals surface area contributed by atoms with Crippen LogP contribution in [0.3, 0.4) is 0 Å². The summed E-state index contributed by atoms with van der Waals surface area (Å²) in [6.07, 6.45) is 8.01.